The fraction of sp³-hybridized carbons (Fsp3) is 0.312. The summed E-state index contributed by atoms with van der Waals surface area (Å²) in [6.45, 7) is 5.19. The standard InChI is InChI=1S/C16H18FN3O2S/c1-16(2,3)14(22)18-8-13(21)20-15-19-12(9-23-15)10-5-4-6-11(17)7-10/h4-7,9H,8H2,1-3H3,(H,18,22)(H,19,20,21). The van der Waals surface area contributed by atoms with E-state index in [4.69, 9.17) is 0 Å². The summed E-state index contributed by atoms with van der Waals surface area (Å²) in [5.74, 6) is -0.902. The van der Waals surface area contributed by atoms with Crippen LogP contribution in [0, 0.1) is 11.2 Å². The minimum atomic E-state index is -0.550. The number of anilines is 1. The van der Waals surface area contributed by atoms with Crippen molar-refractivity contribution < 1.29 is 14.0 Å². The molecule has 0 aliphatic carbocycles. The molecule has 7 heteroatoms. The zero-order valence-corrected chi connectivity index (χ0v) is 14.0. The van der Waals surface area contributed by atoms with Crippen molar-refractivity contribution in [2.75, 3.05) is 11.9 Å². The SMILES string of the molecule is CC(C)(C)C(=O)NCC(=O)Nc1nc(-c2cccc(F)c2)cs1. The van der Waals surface area contributed by atoms with Gasteiger partial charge in [-0.25, -0.2) is 9.37 Å². The Morgan fingerprint density at radius 3 is 2.70 bits per heavy atom. The summed E-state index contributed by atoms with van der Waals surface area (Å²) in [7, 11) is 0. The van der Waals surface area contributed by atoms with Gasteiger partial charge >= 0.3 is 0 Å². The van der Waals surface area contributed by atoms with Crippen molar-refractivity contribution in [3.63, 3.8) is 0 Å². The van der Waals surface area contributed by atoms with Crippen LogP contribution >= 0.6 is 11.3 Å². The van der Waals surface area contributed by atoms with Crippen LogP contribution in [0.25, 0.3) is 11.3 Å². The number of carbonyl (C=O) groups is 2. The lowest BCUT2D eigenvalue weighted by atomic mass is 9.96. The summed E-state index contributed by atoms with van der Waals surface area (Å²) in [5.41, 5.74) is 0.678. The van der Waals surface area contributed by atoms with E-state index in [0.29, 0.717) is 16.4 Å². The van der Waals surface area contributed by atoms with Crippen LogP contribution in [0.3, 0.4) is 0 Å². The summed E-state index contributed by atoms with van der Waals surface area (Å²) >= 11 is 1.24. The predicted octanol–water partition coefficient (Wildman–Crippen LogP) is 3.05. The van der Waals surface area contributed by atoms with Crippen molar-refractivity contribution in [2.24, 2.45) is 5.41 Å². The van der Waals surface area contributed by atoms with Crippen molar-refractivity contribution in [1.29, 1.82) is 0 Å². The number of rotatable bonds is 4. The molecule has 1 aromatic carbocycles. The lowest BCUT2D eigenvalue weighted by Crippen LogP contribution is -2.39. The van der Waals surface area contributed by atoms with E-state index in [2.05, 4.69) is 15.6 Å². The molecule has 2 amide bonds. The first-order valence-electron chi connectivity index (χ1n) is 7.05. The zero-order valence-electron chi connectivity index (χ0n) is 13.1. The molecule has 2 aromatic rings. The van der Waals surface area contributed by atoms with Gasteiger partial charge in [-0.3, -0.25) is 9.59 Å². The van der Waals surface area contributed by atoms with Crippen LogP contribution in [-0.2, 0) is 9.59 Å². The molecule has 2 N–H and O–H groups in total. The number of halogens is 1. The van der Waals surface area contributed by atoms with Gasteiger partial charge in [-0.15, -0.1) is 11.3 Å². The number of aromatic nitrogens is 1. The lowest BCUT2D eigenvalue weighted by Gasteiger charge is -2.17. The molecule has 5 nitrogen and oxygen atoms in total. The maximum absolute atomic E-state index is 13.2. The van der Waals surface area contributed by atoms with Crippen LogP contribution in [0.2, 0.25) is 0 Å². The average molecular weight is 335 g/mol. The molecule has 0 radical (unpaired) electrons. The van der Waals surface area contributed by atoms with E-state index < -0.39 is 5.41 Å². The molecule has 0 aliphatic heterocycles. The maximum Gasteiger partial charge on any atom is 0.245 e. The molecule has 0 saturated carbocycles. The molecular formula is C16H18FN3O2S. The van der Waals surface area contributed by atoms with E-state index in [9.17, 15) is 14.0 Å². The minimum absolute atomic E-state index is 0.120. The largest absolute Gasteiger partial charge is 0.347 e. The summed E-state index contributed by atoms with van der Waals surface area (Å²) < 4.78 is 13.2. The monoisotopic (exact) mass is 335 g/mol. The van der Waals surface area contributed by atoms with Crippen molar-refractivity contribution in [1.82, 2.24) is 10.3 Å². The Morgan fingerprint density at radius 2 is 2.04 bits per heavy atom. The molecule has 0 saturated heterocycles. The molecular weight excluding hydrogens is 317 g/mol. The van der Waals surface area contributed by atoms with Gasteiger partial charge in [0.25, 0.3) is 0 Å². The van der Waals surface area contributed by atoms with Crippen LogP contribution in [0.1, 0.15) is 20.8 Å². The van der Waals surface area contributed by atoms with Gasteiger partial charge in [0.1, 0.15) is 5.82 Å². The van der Waals surface area contributed by atoms with Gasteiger partial charge in [0, 0.05) is 16.4 Å². The molecule has 0 spiro atoms. The second-order valence-electron chi connectivity index (χ2n) is 6.03. The first-order valence-corrected chi connectivity index (χ1v) is 7.93. The highest BCUT2D eigenvalue weighted by Gasteiger charge is 2.21. The molecule has 122 valence electrons. The van der Waals surface area contributed by atoms with E-state index in [1.165, 1.54) is 23.5 Å². The van der Waals surface area contributed by atoms with Gasteiger partial charge in [0.2, 0.25) is 11.8 Å². The third-order valence-corrected chi connectivity index (χ3v) is 3.72. The average Bonchev–Trinajstić information content (AvgIpc) is 2.92. The number of thiazole rings is 1. The van der Waals surface area contributed by atoms with Gasteiger partial charge < -0.3 is 10.6 Å². The van der Waals surface area contributed by atoms with Gasteiger partial charge in [0.15, 0.2) is 5.13 Å². The van der Waals surface area contributed by atoms with Crippen LogP contribution in [-0.4, -0.2) is 23.3 Å². The summed E-state index contributed by atoms with van der Waals surface area (Å²) in [5, 5.41) is 7.31. The van der Waals surface area contributed by atoms with E-state index >= 15 is 0 Å². The Labute approximate surface area is 137 Å². The highest BCUT2D eigenvalue weighted by atomic mass is 32.1. The van der Waals surface area contributed by atoms with E-state index in [-0.39, 0.29) is 24.2 Å². The number of nitrogens with one attached hydrogen (secondary N) is 2. The Balaban J connectivity index is 1.94. The number of nitrogens with zero attached hydrogens (tertiary/aromatic N) is 1. The highest BCUT2D eigenvalue weighted by Crippen LogP contribution is 2.25. The molecule has 0 bridgehead atoms. The van der Waals surface area contributed by atoms with Gasteiger partial charge in [-0.2, -0.15) is 0 Å². The first-order chi connectivity index (χ1) is 10.8. The third kappa shape index (κ3) is 4.85. The fourth-order valence-corrected chi connectivity index (χ4v) is 2.44. The van der Waals surface area contributed by atoms with Crippen LogP contribution < -0.4 is 10.6 Å². The van der Waals surface area contributed by atoms with Crippen molar-refractivity contribution in [2.45, 2.75) is 20.8 Å². The molecule has 0 atom stereocenters. The van der Waals surface area contributed by atoms with Gasteiger partial charge in [-0.1, -0.05) is 32.9 Å². The molecule has 1 heterocycles. The molecule has 0 aliphatic rings. The maximum atomic E-state index is 13.2. The molecule has 2 rings (SSSR count). The minimum Gasteiger partial charge on any atom is -0.347 e. The quantitative estimate of drug-likeness (QED) is 0.902. The van der Waals surface area contributed by atoms with E-state index in [0.717, 1.165) is 0 Å². The molecule has 23 heavy (non-hydrogen) atoms. The predicted molar refractivity (Wildman–Crippen MR) is 88.6 cm³/mol. The van der Waals surface area contributed by atoms with E-state index in [1.807, 2.05) is 0 Å². The Morgan fingerprint density at radius 1 is 1.30 bits per heavy atom. The van der Waals surface area contributed by atoms with Crippen LogP contribution in [0.15, 0.2) is 29.6 Å². The zero-order chi connectivity index (χ0) is 17.0. The Kier molecular flexibility index (Phi) is 5.10. The number of hydrogen-bond donors (Lipinski definition) is 2. The van der Waals surface area contributed by atoms with Crippen molar-refractivity contribution >= 4 is 28.3 Å². The van der Waals surface area contributed by atoms with Gasteiger partial charge in [-0.05, 0) is 12.1 Å². The smallest absolute Gasteiger partial charge is 0.245 e. The number of amides is 2. The molecule has 0 fully saturated rings. The lowest BCUT2D eigenvalue weighted by molar-refractivity contribution is -0.130. The van der Waals surface area contributed by atoms with Crippen LogP contribution in [0.4, 0.5) is 9.52 Å². The Hall–Kier alpha value is -2.28. The molecule has 1 aromatic heterocycles. The van der Waals surface area contributed by atoms with E-state index in [1.54, 1.807) is 38.3 Å². The van der Waals surface area contributed by atoms with Crippen molar-refractivity contribution in [3.8, 4) is 11.3 Å². The number of hydrogen-bond acceptors (Lipinski definition) is 4. The topological polar surface area (TPSA) is 71.1 Å². The highest BCUT2D eigenvalue weighted by molar-refractivity contribution is 7.14. The Bertz CT molecular complexity index is 722. The second kappa shape index (κ2) is 6.87. The number of carbonyl (C=O) groups excluding carboxylic acids is 2. The summed E-state index contributed by atoms with van der Waals surface area (Å²) in [4.78, 5) is 27.8. The number of benzene rings is 1. The van der Waals surface area contributed by atoms with Crippen molar-refractivity contribution in [3.05, 3.63) is 35.5 Å². The van der Waals surface area contributed by atoms with Crippen LogP contribution in [0.5, 0.6) is 0 Å². The fourth-order valence-electron chi connectivity index (χ4n) is 1.70. The molecule has 0 unspecified atom stereocenters. The normalized spacial score (nSPS) is 11.1. The second-order valence-corrected chi connectivity index (χ2v) is 6.89. The van der Waals surface area contributed by atoms with Gasteiger partial charge in [0.05, 0.1) is 12.2 Å². The summed E-state index contributed by atoms with van der Waals surface area (Å²) in [6.07, 6.45) is 0. The summed E-state index contributed by atoms with van der Waals surface area (Å²) in [6, 6.07) is 6.08. The first kappa shape index (κ1) is 17.1. The third-order valence-electron chi connectivity index (χ3n) is 2.96.